The molecule has 1 heterocycles. The van der Waals surface area contributed by atoms with Gasteiger partial charge in [0.25, 0.3) is 10.0 Å². The normalized spacial score (nSPS) is 14.8. The molecule has 0 atom stereocenters. The summed E-state index contributed by atoms with van der Waals surface area (Å²) in [6, 6.07) is 15.0. The second kappa shape index (κ2) is 5.53. The fourth-order valence-corrected chi connectivity index (χ4v) is 4.31. The maximum Gasteiger partial charge on any atom is 0.264 e. The lowest BCUT2D eigenvalue weighted by Gasteiger charge is -2.30. The van der Waals surface area contributed by atoms with Gasteiger partial charge in [-0.15, -0.1) is 0 Å². The molecule has 0 saturated carbocycles. The summed E-state index contributed by atoms with van der Waals surface area (Å²) < 4.78 is 27.3. The molecule has 0 bridgehead atoms. The number of fused-ring (bicyclic) bond motifs is 1. The molecule has 0 unspecified atom stereocenters. The van der Waals surface area contributed by atoms with Crippen molar-refractivity contribution in [2.45, 2.75) is 31.1 Å². The second-order valence-corrected chi connectivity index (χ2v) is 7.17. The highest BCUT2D eigenvalue weighted by atomic mass is 32.2. The number of hydrogen-bond acceptors (Lipinski definition) is 2. The van der Waals surface area contributed by atoms with Gasteiger partial charge in [0, 0.05) is 6.54 Å². The van der Waals surface area contributed by atoms with E-state index in [1.54, 1.807) is 16.4 Å². The molecule has 3 rings (SSSR count). The largest absolute Gasteiger partial charge is 0.266 e. The molecule has 0 saturated heterocycles. The molecule has 2 aromatic rings. The SMILES string of the molecule is CCc1ccc(S(=O)(=O)N2CCCc3ccccc32)cc1. The molecule has 0 radical (unpaired) electrons. The molecule has 110 valence electrons. The van der Waals surface area contributed by atoms with Crippen LogP contribution in [0.1, 0.15) is 24.5 Å². The van der Waals surface area contributed by atoms with Gasteiger partial charge in [0.05, 0.1) is 10.6 Å². The van der Waals surface area contributed by atoms with Crippen LogP contribution >= 0.6 is 0 Å². The van der Waals surface area contributed by atoms with Crippen LogP contribution in [0, 0.1) is 0 Å². The average Bonchev–Trinajstić information content (AvgIpc) is 2.54. The van der Waals surface area contributed by atoms with E-state index in [1.165, 1.54) is 0 Å². The number of para-hydroxylation sites is 1. The first-order chi connectivity index (χ1) is 10.1. The molecule has 3 nitrogen and oxygen atoms in total. The summed E-state index contributed by atoms with van der Waals surface area (Å²) in [5.41, 5.74) is 3.08. The van der Waals surface area contributed by atoms with E-state index in [9.17, 15) is 8.42 Å². The maximum atomic E-state index is 12.9. The average molecular weight is 301 g/mol. The van der Waals surface area contributed by atoms with Crippen LogP contribution in [0.15, 0.2) is 53.4 Å². The number of anilines is 1. The molecule has 4 heteroatoms. The van der Waals surface area contributed by atoms with E-state index in [0.29, 0.717) is 11.4 Å². The van der Waals surface area contributed by atoms with Gasteiger partial charge in [-0.1, -0.05) is 37.3 Å². The van der Waals surface area contributed by atoms with Gasteiger partial charge >= 0.3 is 0 Å². The van der Waals surface area contributed by atoms with E-state index in [2.05, 4.69) is 6.92 Å². The lowest BCUT2D eigenvalue weighted by molar-refractivity contribution is 0.586. The topological polar surface area (TPSA) is 37.4 Å². The Kier molecular flexibility index (Phi) is 3.72. The van der Waals surface area contributed by atoms with Crippen molar-refractivity contribution < 1.29 is 8.42 Å². The molecule has 0 fully saturated rings. The van der Waals surface area contributed by atoms with Crippen molar-refractivity contribution in [3.8, 4) is 0 Å². The smallest absolute Gasteiger partial charge is 0.264 e. The van der Waals surface area contributed by atoms with E-state index in [4.69, 9.17) is 0 Å². The molecule has 0 amide bonds. The maximum absolute atomic E-state index is 12.9. The third-order valence-electron chi connectivity index (χ3n) is 3.99. The number of benzene rings is 2. The first-order valence-corrected chi connectivity index (χ1v) is 8.76. The second-order valence-electron chi connectivity index (χ2n) is 5.31. The van der Waals surface area contributed by atoms with Gasteiger partial charge in [0.15, 0.2) is 0 Å². The summed E-state index contributed by atoms with van der Waals surface area (Å²) in [6.45, 7) is 2.61. The van der Waals surface area contributed by atoms with Gasteiger partial charge < -0.3 is 0 Å². The van der Waals surface area contributed by atoms with Gasteiger partial charge in [-0.25, -0.2) is 8.42 Å². The zero-order valence-corrected chi connectivity index (χ0v) is 12.9. The van der Waals surface area contributed by atoms with E-state index in [1.807, 2.05) is 36.4 Å². The number of sulfonamides is 1. The van der Waals surface area contributed by atoms with Crippen LogP contribution in [-0.4, -0.2) is 15.0 Å². The minimum absolute atomic E-state index is 0.372. The van der Waals surface area contributed by atoms with Gasteiger partial charge in [-0.2, -0.15) is 0 Å². The van der Waals surface area contributed by atoms with Gasteiger partial charge in [0.1, 0.15) is 0 Å². The third-order valence-corrected chi connectivity index (χ3v) is 5.81. The zero-order chi connectivity index (χ0) is 14.9. The molecular weight excluding hydrogens is 282 g/mol. The van der Waals surface area contributed by atoms with Crippen molar-refractivity contribution in [1.29, 1.82) is 0 Å². The summed E-state index contributed by atoms with van der Waals surface area (Å²) in [6.07, 6.45) is 2.72. The zero-order valence-electron chi connectivity index (χ0n) is 12.1. The fraction of sp³-hybridized carbons (Fsp3) is 0.294. The lowest BCUT2D eigenvalue weighted by atomic mass is 10.0. The van der Waals surface area contributed by atoms with Crippen LogP contribution in [0.3, 0.4) is 0 Å². The highest BCUT2D eigenvalue weighted by molar-refractivity contribution is 7.92. The summed E-state index contributed by atoms with van der Waals surface area (Å²) in [5, 5.41) is 0. The fourth-order valence-electron chi connectivity index (χ4n) is 2.77. The van der Waals surface area contributed by atoms with Crippen LogP contribution in [-0.2, 0) is 22.9 Å². The Morgan fingerprint density at radius 3 is 2.48 bits per heavy atom. The summed E-state index contributed by atoms with van der Waals surface area (Å²) in [5.74, 6) is 0. The molecule has 0 aliphatic carbocycles. The van der Waals surface area contributed by atoms with Crippen LogP contribution in [0.25, 0.3) is 0 Å². The quantitative estimate of drug-likeness (QED) is 0.871. The molecule has 0 spiro atoms. The minimum Gasteiger partial charge on any atom is -0.266 e. The van der Waals surface area contributed by atoms with Crippen LogP contribution in [0.2, 0.25) is 0 Å². The standard InChI is InChI=1S/C17H19NO2S/c1-2-14-9-11-16(12-10-14)21(19,20)18-13-5-7-15-6-3-4-8-17(15)18/h3-4,6,8-12H,2,5,7,13H2,1H3. The molecule has 0 N–H and O–H groups in total. The number of aryl methyl sites for hydroxylation is 2. The van der Waals surface area contributed by atoms with Gasteiger partial charge in [0.2, 0.25) is 0 Å². The number of hydrogen-bond donors (Lipinski definition) is 0. The van der Waals surface area contributed by atoms with Crippen molar-refractivity contribution in [2.75, 3.05) is 10.8 Å². The number of nitrogens with zero attached hydrogens (tertiary/aromatic N) is 1. The van der Waals surface area contributed by atoms with Crippen LogP contribution in [0.5, 0.6) is 0 Å². The molecule has 21 heavy (non-hydrogen) atoms. The van der Waals surface area contributed by atoms with Crippen molar-refractivity contribution in [1.82, 2.24) is 0 Å². The van der Waals surface area contributed by atoms with E-state index in [0.717, 1.165) is 36.1 Å². The monoisotopic (exact) mass is 301 g/mol. The number of rotatable bonds is 3. The molecule has 1 aliphatic heterocycles. The van der Waals surface area contributed by atoms with Crippen LogP contribution < -0.4 is 4.31 Å². The van der Waals surface area contributed by atoms with E-state index in [-0.39, 0.29) is 0 Å². The molecule has 2 aromatic carbocycles. The minimum atomic E-state index is -3.47. The van der Waals surface area contributed by atoms with Gasteiger partial charge in [-0.05, 0) is 48.6 Å². The third kappa shape index (κ3) is 2.56. The molecule has 1 aliphatic rings. The summed E-state index contributed by atoms with van der Waals surface area (Å²) in [7, 11) is -3.47. The van der Waals surface area contributed by atoms with Crippen molar-refractivity contribution in [3.05, 3.63) is 59.7 Å². The predicted molar refractivity (Wildman–Crippen MR) is 85.1 cm³/mol. The Balaban J connectivity index is 2.02. The Morgan fingerprint density at radius 2 is 1.76 bits per heavy atom. The Bertz CT molecular complexity index is 736. The first-order valence-electron chi connectivity index (χ1n) is 7.32. The van der Waals surface area contributed by atoms with Crippen LogP contribution in [0.4, 0.5) is 5.69 Å². The predicted octanol–water partition coefficient (Wildman–Crippen LogP) is 3.39. The summed E-state index contributed by atoms with van der Waals surface area (Å²) >= 11 is 0. The first kappa shape index (κ1) is 14.1. The molecular formula is C17H19NO2S. The van der Waals surface area contributed by atoms with E-state index >= 15 is 0 Å². The summed E-state index contributed by atoms with van der Waals surface area (Å²) in [4.78, 5) is 0.372. The Labute approximate surface area is 126 Å². The highest BCUT2D eigenvalue weighted by Crippen LogP contribution is 2.31. The van der Waals surface area contributed by atoms with E-state index < -0.39 is 10.0 Å². The van der Waals surface area contributed by atoms with Crippen molar-refractivity contribution in [3.63, 3.8) is 0 Å². The van der Waals surface area contributed by atoms with Crippen molar-refractivity contribution >= 4 is 15.7 Å². The van der Waals surface area contributed by atoms with Crippen molar-refractivity contribution in [2.24, 2.45) is 0 Å². The highest BCUT2D eigenvalue weighted by Gasteiger charge is 2.28. The molecule has 0 aromatic heterocycles. The Morgan fingerprint density at radius 1 is 1.05 bits per heavy atom. The van der Waals surface area contributed by atoms with Gasteiger partial charge in [-0.3, -0.25) is 4.31 Å². The lowest BCUT2D eigenvalue weighted by Crippen LogP contribution is -2.35. The Hall–Kier alpha value is -1.81.